The smallest absolute Gasteiger partial charge is 0.226 e. The van der Waals surface area contributed by atoms with E-state index < -0.39 is 0 Å². The van der Waals surface area contributed by atoms with Gasteiger partial charge < -0.3 is 28.4 Å². The van der Waals surface area contributed by atoms with Crippen molar-refractivity contribution in [3.63, 3.8) is 0 Å². The summed E-state index contributed by atoms with van der Waals surface area (Å²) in [5.41, 5.74) is 0. The zero-order valence-corrected chi connectivity index (χ0v) is 20.4. The highest BCUT2D eigenvalue weighted by Crippen LogP contribution is 2.31. The van der Waals surface area contributed by atoms with Gasteiger partial charge in [0, 0.05) is 0 Å². The largest absolute Gasteiger partial charge is 0.491 e. The fourth-order valence-electron chi connectivity index (χ4n) is 4.09. The van der Waals surface area contributed by atoms with E-state index >= 15 is 0 Å². The SMILES string of the molecule is c1nc(Oc2ccc3cc(OCC4CO4)ccc3c2)cc(Oc2ccc3cc(OCC4CO4)ccc3c2)n1. The molecule has 2 aliphatic rings. The first-order valence-electron chi connectivity index (χ1n) is 12.5. The molecule has 8 nitrogen and oxygen atoms in total. The molecule has 2 unspecified atom stereocenters. The first-order valence-corrected chi connectivity index (χ1v) is 12.5. The van der Waals surface area contributed by atoms with E-state index in [9.17, 15) is 0 Å². The molecule has 38 heavy (non-hydrogen) atoms. The summed E-state index contributed by atoms with van der Waals surface area (Å²) < 4.78 is 34.0. The third-order valence-corrected chi connectivity index (χ3v) is 6.30. The van der Waals surface area contributed by atoms with Crippen molar-refractivity contribution in [2.75, 3.05) is 26.4 Å². The van der Waals surface area contributed by atoms with Gasteiger partial charge in [0.25, 0.3) is 0 Å². The van der Waals surface area contributed by atoms with Crippen molar-refractivity contribution in [1.82, 2.24) is 9.97 Å². The minimum Gasteiger partial charge on any atom is -0.491 e. The molecule has 2 atom stereocenters. The molecule has 1 aromatic heterocycles. The molecule has 5 aromatic rings. The van der Waals surface area contributed by atoms with E-state index in [1.54, 1.807) is 6.07 Å². The molecule has 0 radical (unpaired) electrons. The second-order valence-electron chi connectivity index (χ2n) is 9.27. The van der Waals surface area contributed by atoms with Crippen LogP contribution in [0.1, 0.15) is 0 Å². The van der Waals surface area contributed by atoms with E-state index in [-0.39, 0.29) is 12.2 Å². The Morgan fingerprint density at radius 1 is 0.553 bits per heavy atom. The molecular formula is C30H24N2O6. The fraction of sp³-hybridized carbons (Fsp3) is 0.200. The van der Waals surface area contributed by atoms with E-state index in [0.717, 1.165) is 46.3 Å². The molecule has 0 amide bonds. The maximum atomic E-state index is 6.01. The van der Waals surface area contributed by atoms with Crippen molar-refractivity contribution in [1.29, 1.82) is 0 Å². The summed E-state index contributed by atoms with van der Waals surface area (Å²) in [5.74, 6) is 3.76. The van der Waals surface area contributed by atoms with Crippen molar-refractivity contribution in [2.24, 2.45) is 0 Å². The molecule has 2 aliphatic heterocycles. The van der Waals surface area contributed by atoms with Crippen molar-refractivity contribution in [2.45, 2.75) is 12.2 Å². The van der Waals surface area contributed by atoms with Crippen LogP contribution in [0.4, 0.5) is 0 Å². The van der Waals surface area contributed by atoms with E-state index in [2.05, 4.69) is 9.97 Å². The van der Waals surface area contributed by atoms with Crippen LogP contribution in [0.25, 0.3) is 21.5 Å². The lowest BCUT2D eigenvalue weighted by atomic mass is 10.1. The quantitative estimate of drug-likeness (QED) is 0.215. The van der Waals surface area contributed by atoms with Crippen LogP contribution in [0.2, 0.25) is 0 Å². The van der Waals surface area contributed by atoms with Crippen molar-refractivity contribution in [3.8, 4) is 34.8 Å². The number of benzene rings is 4. The van der Waals surface area contributed by atoms with Crippen LogP contribution in [-0.4, -0.2) is 48.6 Å². The van der Waals surface area contributed by atoms with E-state index in [1.807, 2.05) is 72.8 Å². The first-order chi connectivity index (χ1) is 18.7. The summed E-state index contributed by atoms with van der Waals surface area (Å²) in [4.78, 5) is 8.49. The number of hydrogen-bond acceptors (Lipinski definition) is 8. The van der Waals surface area contributed by atoms with E-state index in [4.69, 9.17) is 28.4 Å². The molecule has 3 heterocycles. The monoisotopic (exact) mass is 508 g/mol. The van der Waals surface area contributed by atoms with Gasteiger partial charge >= 0.3 is 0 Å². The average Bonchev–Trinajstić information content (AvgIpc) is 3.86. The van der Waals surface area contributed by atoms with Gasteiger partial charge in [-0.2, -0.15) is 0 Å². The molecule has 2 saturated heterocycles. The minimum atomic E-state index is 0.227. The molecule has 0 saturated carbocycles. The number of fused-ring (bicyclic) bond motifs is 2. The van der Waals surface area contributed by atoms with Crippen molar-refractivity contribution < 1.29 is 28.4 Å². The normalized spacial score (nSPS) is 17.8. The van der Waals surface area contributed by atoms with Gasteiger partial charge in [-0.05, 0) is 70.1 Å². The Kier molecular flexibility index (Phi) is 5.88. The fourth-order valence-corrected chi connectivity index (χ4v) is 4.09. The first kappa shape index (κ1) is 22.8. The maximum absolute atomic E-state index is 6.01. The number of epoxide rings is 2. The lowest BCUT2D eigenvalue weighted by molar-refractivity contribution is 0.263. The molecule has 7 rings (SSSR count). The Balaban J connectivity index is 1.02. The molecule has 0 bridgehead atoms. The number of nitrogens with zero attached hydrogens (tertiary/aromatic N) is 2. The average molecular weight is 509 g/mol. The molecule has 2 fully saturated rings. The molecule has 4 aromatic carbocycles. The van der Waals surface area contributed by atoms with Crippen LogP contribution < -0.4 is 18.9 Å². The standard InChI is InChI=1S/C30H24N2O6/c1-5-23(33-14-27-16-35-27)9-19-3-7-25(11-21(1)19)37-29-13-30(32-18-31-29)38-26-8-4-20-10-24(6-2-22(20)12-26)34-15-28-17-36-28/h1-13,18,27-28H,14-17H2. The number of ether oxygens (including phenoxy) is 6. The van der Waals surface area contributed by atoms with Gasteiger partial charge in [-0.25, -0.2) is 9.97 Å². The molecule has 8 heteroatoms. The summed E-state index contributed by atoms with van der Waals surface area (Å²) in [6.45, 7) is 2.72. The zero-order valence-electron chi connectivity index (χ0n) is 20.4. The highest BCUT2D eigenvalue weighted by Gasteiger charge is 2.23. The Morgan fingerprint density at radius 2 is 0.947 bits per heavy atom. The molecule has 0 spiro atoms. The van der Waals surface area contributed by atoms with E-state index in [0.29, 0.717) is 36.5 Å². The van der Waals surface area contributed by atoms with Gasteiger partial charge in [0.15, 0.2) is 0 Å². The zero-order chi connectivity index (χ0) is 25.3. The lowest BCUT2D eigenvalue weighted by Crippen LogP contribution is -2.03. The van der Waals surface area contributed by atoms with Crippen molar-refractivity contribution in [3.05, 3.63) is 85.2 Å². The summed E-state index contributed by atoms with van der Waals surface area (Å²) >= 11 is 0. The predicted molar refractivity (Wildman–Crippen MR) is 141 cm³/mol. The topological polar surface area (TPSA) is 87.8 Å². The van der Waals surface area contributed by atoms with Gasteiger partial charge in [0.2, 0.25) is 11.8 Å². The van der Waals surface area contributed by atoms with Gasteiger partial charge in [-0.1, -0.05) is 24.3 Å². The minimum absolute atomic E-state index is 0.227. The predicted octanol–water partition coefficient (Wildman–Crippen LogP) is 5.92. The third-order valence-electron chi connectivity index (χ3n) is 6.30. The van der Waals surface area contributed by atoms with Crippen LogP contribution in [0.3, 0.4) is 0 Å². The summed E-state index contributed by atoms with van der Waals surface area (Å²) in [5, 5.41) is 4.19. The van der Waals surface area contributed by atoms with Gasteiger partial charge in [-0.3, -0.25) is 0 Å². The second kappa shape index (κ2) is 9.81. The van der Waals surface area contributed by atoms with Crippen LogP contribution in [0.15, 0.2) is 85.2 Å². The number of hydrogen-bond donors (Lipinski definition) is 0. The lowest BCUT2D eigenvalue weighted by Gasteiger charge is -2.10. The summed E-state index contributed by atoms with van der Waals surface area (Å²) in [6.07, 6.45) is 1.88. The third kappa shape index (κ3) is 5.46. The van der Waals surface area contributed by atoms with Gasteiger partial charge in [0.05, 0.1) is 19.3 Å². The highest BCUT2D eigenvalue weighted by atomic mass is 16.6. The molecular weight excluding hydrogens is 484 g/mol. The van der Waals surface area contributed by atoms with Crippen molar-refractivity contribution >= 4 is 21.5 Å². The van der Waals surface area contributed by atoms with Gasteiger partial charge in [-0.15, -0.1) is 0 Å². The highest BCUT2D eigenvalue weighted by molar-refractivity contribution is 5.86. The Bertz CT molecular complexity index is 1500. The maximum Gasteiger partial charge on any atom is 0.226 e. The molecule has 0 N–H and O–H groups in total. The Hall–Kier alpha value is -4.40. The Morgan fingerprint density at radius 3 is 1.37 bits per heavy atom. The summed E-state index contributed by atoms with van der Waals surface area (Å²) in [6, 6.07) is 25.3. The van der Waals surface area contributed by atoms with Crippen LogP contribution in [0, 0.1) is 0 Å². The summed E-state index contributed by atoms with van der Waals surface area (Å²) in [7, 11) is 0. The van der Waals surface area contributed by atoms with E-state index in [1.165, 1.54) is 6.33 Å². The van der Waals surface area contributed by atoms with Crippen LogP contribution in [-0.2, 0) is 9.47 Å². The van der Waals surface area contributed by atoms with Crippen LogP contribution >= 0.6 is 0 Å². The van der Waals surface area contributed by atoms with Gasteiger partial charge in [0.1, 0.15) is 54.7 Å². The number of aromatic nitrogens is 2. The molecule has 0 aliphatic carbocycles. The second-order valence-corrected chi connectivity index (χ2v) is 9.27. The Labute approximate surface area is 218 Å². The number of rotatable bonds is 10. The molecule has 190 valence electrons. The van der Waals surface area contributed by atoms with Crippen LogP contribution in [0.5, 0.6) is 34.8 Å².